The van der Waals surface area contributed by atoms with Gasteiger partial charge in [0.05, 0.1) is 11.1 Å². The molecule has 0 saturated carbocycles. The van der Waals surface area contributed by atoms with Gasteiger partial charge >= 0.3 is 12.1 Å². The van der Waals surface area contributed by atoms with Crippen LogP contribution in [0.3, 0.4) is 0 Å². The number of hydrogen-bond acceptors (Lipinski definition) is 3. The molecule has 1 aliphatic rings. The molecule has 3 nitrogen and oxygen atoms in total. The molecule has 0 N–H and O–H groups in total. The Morgan fingerprint density at radius 2 is 1.59 bits per heavy atom. The average molecular weight is 396 g/mol. The lowest BCUT2D eigenvalue weighted by Crippen LogP contribution is -2.15. The van der Waals surface area contributed by atoms with Gasteiger partial charge in [-0.1, -0.05) is 42.5 Å². The topological polar surface area (TPSA) is 43.4 Å². The first-order valence-corrected chi connectivity index (χ1v) is 8.92. The lowest BCUT2D eigenvalue weighted by Gasteiger charge is -2.09. The van der Waals surface area contributed by atoms with Crippen molar-refractivity contribution in [3.63, 3.8) is 0 Å². The molecule has 3 aromatic rings. The SMILES string of the molecule is O=C(COC(=O)c1cccc(C(F)(F)F)c1)c1ccc2c(c1)-c1ccccc1C2. The molecule has 0 fully saturated rings. The van der Waals surface area contributed by atoms with E-state index in [1.165, 1.54) is 11.6 Å². The van der Waals surface area contributed by atoms with E-state index >= 15 is 0 Å². The van der Waals surface area contributed by atoms with Gasteiger partial charge in [0.2, 0.25) is 0 Å². The minimum atomic E-state index is -4.56. The Morgan fingerprint density at radius 3 is 2.38 bits per heavy atom. The van der Waals surface area contributed by atoms with E-state index in [4.69, 9.17) is 4.74 Å². The minimum absolute atomic E-state index is 0.254. The highest BCUT2D eigenvalue weighted by atomic mass is 19.4. The maximum Gasteiger partial charge on any atom is 0.416 e. The number of esters is 1. The zero-order valence-electron chi connectivity index (χ0n) is 15.1. The van der Waals surface area contributed by atoms with Crippen LogP contribution in [0.4, 0.5) is 13.2 Å². The number of halogens is 3. The molecule has 6 heteroatoms. The molecule has 0 bridgehead atoms. The van der Waals surface area contributed by atoms with Crippen molar-refractivity contribution in [2.75, 3.05) is 6.61 Å². The first-order chi connectivity index (χ1) is 13.8. The molecule has 0 unspecified atom stereocenters. The van der Waals surface area contributed by atoms with Crippen LogP contribution in [-0.4, -0.2) is 18.4 Å². The summed E-state index contributed by atoms with van der Waals surface area (Å²) in [6, 6.07) is 17.1. The Hall–Kier alpha value is -3.41. The zero-order chi connectivity index (χ0) is 20.6. The molecule has 146 valence electrons. The van der Waals surface area contributed by atoms with Gasteiger partial charge in [-0.2, -0.15) is 13.2 Å². The summed E-state index contributed by atoms with van der Waals surface area (Å²) in [6.45, 7) is -0.546. The monoisotopic (exact) mass is 396 g/mol. The first kappa shape index (κ1) is 18.9. The Balaban J connectivity index is 1.47. The number of carbonyl (C=O) groups is 2. The maximum absolute atomic E-state index is 12.8. The molecule has 0 radical (unpaired) electrons. The standard InChI is InChI=1S/C23H15F3O3/c24-23(25,26)18-6-3-5-17(11-18)22(28)29-13-21(27)16-9-8-15-10-14-4-1-2-7-19(14)20(15)12-16/h1-9,11-12H,10,13H2. The maximum atomic E-state index is 12.8. The molecule has 0 aromatic heterocycles. The number of ketones is 1. The zero-order valence-corrected chi connectivity index (χ0v) is 15.1. The Morgan fingerprint density at radius 1 is 0.828 bits per heavy atom. The summed E-state index contributed by atoms with van der Waals surface area (Å²) < 4.78 is 43.3. The van der Waals surface area contributed by atoms with Crippen molar-refractivity contribution in [3.8, 4) is 11.1 Å². The van der Waals surface area contributed by atoms with E-state index in [2.05, 4.69) is 0 Å². The second-order valence-corrected chi connectivity index (χ2v) is 6.78. The summed E-state index contributed by atoms with van der Waals surface area (Å²) in [5.74, 6) is -1.39. The van der Waals surface area contributed by atoms with Crippen LogP contribution in [0, 0.1) is 0 Å². The quantitative estimate of drug-likeness (QED) is 0.347. The van der Waals surface area contributed by atoms with Crippen molar-refractivity contribution >= 4 is 11.8 Å². The molecule has 29 heavy (non-hydrogen) atoms. The molecule has 0 amide bonds. The lowest BCUT2D eigenvalue weighted by molar-refractivity contribution is -0.137. The summed E-state index contributed by atoms with van der Waals surface area (Å²) in [7, 11) is 0. The highest BCUT2D eigenvalue weighted by Crippen LogP contribution is 2.37. The van der Waals surface area contributed by atoms with Crippen LogP contribution in [0.2, 0.25) is 0 Å². The lowest BCUT2D eigenvalue weighted by atomic mass is 10.0. The van der Waals surface area contributed by atoms with Gasteiger partial charge in [0, 0.05) is 5.56 Å². The summed E-state index contributed by atoms with van der Waals surface area (Å²) in [5, 5.41) is 0. The predicted octanol–water partition coefficient (Wildman–Crippen LogP) is 5.32. The van der Waals surface area contributed by atoms with E-state index in [9.17, 15) is 22.8 Å². The fourth-order valence-corrected chi connectivity index (χ4v) is 3.42. The average Bonchev–Trinajstić information content (AvgIpc) is 3.09. The summed E-state index contributed by atoms with van der Waals surface area (Å²) in [5.41, 5.74) is 3.52. The van der Waals surface area contributed by atoms with Gasteiger partial charge in [-0.3, -0.25) is 4.79 Å². The molecule has 0 heterocycles. The number of fused-ring (bicyclic) bond motifs is 3. The van der Waals surface area contributed by atoms with E-state index in [1.807, 2.05) is 30.3 Å². The van der Waals surface area contributed by atoms with Gasteiger partial charge in [-0.25, -0.2) is 4.79 Å². The Kier molecular flexibility index (Phi) is 4.70. The molecule has 3 aromatic carbocycles. The number of carbonyl (C=O) groups excluding carboxylic acids is 2. The van der Waals surface area contributed by atoms with E-state index in [-0.39, 0.29) is 5.56 Å². The molecule has 0 saturated heterocycles. The molecule has 4 rings (SSSR count). The minimum Gasteiger partial charge on any atom is -0.454 e. The van der Waals surface area contributed by atoms with Crippen LogP contribution < -0.4 is 0 Å². The first-order valence-electron chi connectivity index (χ1n) is 8.92. The second kappa shape index (κ2) is 7.20. The van der Waals surface area contributed by atoms with Crippen LogP contribution in [0.1, 0.15) is 37.4 Å². The van der Waals surface area contributed by atoms with Crippen LogP contribution >= 0.6 is 0 Å². The fourth-order valence-electron chi connectivity index (χ4n) is 3.42. The van der Waals surface area contributed by atoms with Crippen LogP contribution in [0.15, 0.2) is 66.7 Å². The molecule has 0 spiro atoms. The van der Waals surface area contributed by atoms with Crippen molar-refractivity contribution in [2.24, 2.45) is 0 Å². The smallest absolute Gasteiger partial charge is 0.416 e. The van der Waals surface area contributed by atoms with E-state index in [1.54, 1.807) is 12.1 Å². The molecular formula is C23H15F3O3. The van der Waals surface area contributed by atoms with E-state index in [0.29, 0.717) is 11.6 Å². The number of Topliss-reactive ketones (excluding diaryl/α,β-unsaturated/α-hetero) is 1. The number of alkyl halides is 3. The number of hydrogen-bond donors (Lipinski definition) is 0. The number of rotatable bonds is 4. The normalized spacial score (nSPS) is 12.2. The summed E-state index contributed by atoms with van der Waals surface area (Å²) in [6.07, 6.45) is -3.77. The second-order valence-electron chi connectivity index (χ2n) is 6.78. The van der Waals surface area contributed by atoms with Gasteiger partial charge in [0.1, 0.15) is 0 Å². The molecule has 1 aliphatic carbocycles. The third-order valence-electron chi connectivity index (χ3n) is 4.88. The Bertz CT molecular complexity index is 1120. The Labute approximate surface area is 164 Å². The van der Waals surface area contributed by atoms with Crippen LogP contribution in [0.5, 0.6) is 0 Å². The van der Waals surface area contributed by atoms with Gasteiger partial charge in [-0.05, 0) is 52.9 Å². The van der Waals surface area contributed by atoms with Gasteiger partial charge in [0.25, 0.3) is 0 Å². The van der Waals surface area contributed by atoms with Gasteiger partial charge in [-0.15, -0.1) is 0 Å². The van der Waals surface area contributed by atoms with Crippen molar-refractivity contribution in [1.29, 1.82) is 0 Å². The van der Waals surface area contributed by atoms with Crippen molar-refractivity contribution in [1.82, 2.24) is 0 Å². The third kappa shape index (κ3) is 3.78. The predicted molar refractivity (Wildman–Crippen MR) is 101 cm³/mol. The van der Waals surface area contributed by atoms with E-state index in [0.717, 1.165) is 35.2 Å². The highest BCUT2D eigenvalue weighted by Gasteiger charge is 2.31. The summed E-state index contributed by atoms with van der Waals surface area (Å²) in [4.78, 5) is 24.5. The number of ether oxygens (including phenoxy) is 1. The van der Waals surface area contributed by atoms with Crippen molar-refractivity contribution in [3.05, 3.63) is 94.5 Å². The van der Waals surface area contributed by atoms with Crippen molar-refractivity contribution < 1.29 is 27.5 Å². The van der Waals surface area contributed by atoms with Crippen LogP contribution in [-0.2, 0) is 17.3 Å². The van der Waals surface area contributed by atoms with Crippen molar-refractivity contribution in [2.45, 2.75) is 12.6 Å². The molecular weight excluding hydrogens is 381 g/mol. The highest BCUT2D eigenvalue weighted by molar-refractivity contribution is 6.00. The summed E-state index contributed by atoms with van der Waals surface area (Å²) >= 11 is 0. The fraction of sp³-hybridized carbons (Fsp3) is 0.130. The molecule has 0 atom stereocenters. The molecule has 0 aliphatic heterocycles. The van der Waals surface area contributed by atoms with Gasteiger partial charge < -0.3 is 4.74 Å². The third-order valence-corrected chi connectivity index (χ3v) is 4.88. The van der Waals surface area contributed by atoms with E-state index < -0.39 is 30.1 Å². The van der Waals surface area contributed by atoms with Gasteiger partial charge in [0.15, 0.2) is 12.4 Å². The number of benzene rings is 3. The van der Waals surface area contributed by atoms with Crippen LogP contribution in [0.25, 0.3) is 11.1 Å². The largest absolute Gasteiger partial charge is 0.454 e.